The van der Waals surface area contributed by atoms with Gasteiger partial charge in [-0.2, -0.15) is 0 Å². The van der Waals surface area contributed by atoms with Gasteiger partial charge < -0.3 is 21.1 Å². The van der Waals surface area contributed by atoms with Gasteiger partial charge in [-0.1, -0.05) is 6.07 Å². The molecule has 10 nitrogen and oxygen atoms in total. The van der Waals surface area contributed by atoms with Crippen molar-refractivity contribution in [1.82, 2.24) is 5.32 Å². The predicted octanol–water partition coefficient (Wildman–Crippen LogP) is 1.07. The summed E-state index contributed by atoms with van der Waals surface area (Å²) in [5.74, 6) is -1.79. The minimum absolute atomic E-state index is 0.0321. The smallest absolute Gasteiger partial charge is 0.311 e. The highest BCUT2D eigenvalue weighted by molar-refractivity contribution is 6.05. The summed E-state index contributed by atoms with van der Waals surface area (Å²) in [7, 11) is 1.29. The molecule has 0 saturated heterocycles. The topological polar surface area (TPSA) is 154 Å². The van der Waals surface area contributed by atoms with Crippen molar-refractivity contribution in [3.8, 4) is 5.75 Å². The van der Waals surface area contributed by atoms with Gasteiger partial charge in [0.25, 0.3) is 11.8 Å². The van der Waals surface area contributed by atoms with Crippen LogP contribution in [0.4, 0.5) is 11.4 Å². The van der Waals surface area contributed by atoms with Crippen LogP contribution >= 0.6 is 0 Å². The normalized spacial score (nSPS) is 9.96. The highest BCUT2D eigenvalue weighted by Gasteiger charge is 2.18. The van der Waals surface area contributed by atoms with Crippen molar-refractivity contribution in [1.29, 1.82) is 0 Å². The summed E-state index contributed by atoms with van der Waals surface area (Å²) in [6, 6.07) is 9.76. The largest absolute Gasteiger partial charge is 0.490 e. The van der Waals surface area contributed by atoms with E-state index in [2.05, 4.69) is 10.6 Å². The second-order valence-electron chi connectivity index (χ2n) is 5.33. The zero-order chi connectivity index (χ0) is 20.0. The number of amides is 3. The van der Waals surface area contributed by atoms with Crippen LogP contribution in [0.25, 0.3) is 0 Å². The summed E-state index contributed by atoms with van der Waals surface area (Å²) >= 11 is 0. The molecule has 0 saturated carbocycles. The molecule has 2 aromatic rings. The lowest BCUT2D eigenvalue weighted by molar-refractivity contribution is -0.385. The van der Waals surface area contributed by atoms with Gasteiger partial charge in [0.15, 0.2) is 5.75 Å². The van der Waals surface area contributed by atoms with E-state index in [4.69, 9.17) is 10.5 Å². The lowest BCUT2D eigenvalue weighted by Crippen LogP contribution is -2.33. The van der Waals surface area contributed by atoms with Crippen LogP contribution in [-0.2, 0) is 4.79 Å². The van der Waals surface area contributed by atoms with E-state index in [-0.39, 0.29) is 29.1 Å². The average Bonchev–Trinajstić information content (AvgIpc) is 2.65. The molecule has 140 valence electrons. The SMILES string of the molecule is COc1ccc(C(=O)Nc2cccc(C(=O)NCC(N)=O)c2)cc1[N+](=O)[O-]. The molecule has 0 atom stereocenters. The van der Waals surface area contributed by atoms with E-state index in [1.807, 2.05) is 0 Å². The van der Waals surface area contributed by atoms with E-state index in [1.54, 1.807) is 6.07 Å². The molecule has 0 aromatic heterocycles. The van der Waals surface area contributed by atoms with Gasteiger partial charge in [0, 0.05) is 22.9 Å². The fraction of sp³-hybridized carbons (Fsp3) is 0.118. The van der Waals surface area contributed by atoms with Crippen molar-refractivity contribution in [2.75, 3.05) is 19.0 Å². The second-order valence-corrected chi connectivity index (χ2v) is 5.33. The van der Waals surface area contributed by atoms with E-state index in [9.17, 15) is 24.5 Å². The number of carbonyl (C=O) groups excluding carboxylic acids is 3. The van der Waals surface area contributed by atoms with Gasteiger partial charge in [-0.05, 0) is 30.3 Å². The molecule has 2 aromatic carbocycles. The Balaban J connectivity index is 2.17. The molecule has 10 heteroatoms. The molecular formula is C17H16N4O6. The maximum atomic E-state index is 12.3. The minimum Gasteiger partial charge on any atom is -0.490 e. The molecule has 3 amide bonds. The van der Waals surface area contributed by atoms with E-state index < -0.39 is 22.6 Å². The number of ether oxygens (including phenoxy) is 1. The molecule has 0 spiro atoms. The van der Waals surface area contributed by atoms with E-state index in [1.165, 1.54) is 37.4 Å². The number of anilines is 1. The van der Waals surface area contributed by atoms with E-state index >= 15 is 0 Å². The number of nitro benzene ring substituents is 1. The standard InChI is InChI=1S/C17H16N4O6/c1-27-14-6-5-11(8-13(14)21(25)26)17(24)20-12-4-2-3-10(7-12)16(23)19-9-15(18)22/h2-8H,9H2,1H3,(H2,18,22)(H,19,23)(H,20,24). The molecule has 0 aliphatic rings. The number of rotatable bonds is 7. The van der Waals surface area contributed by atoms with Gasteiger partial charge in [0.1, 0.15) is 0 Å². The summed E-state index contributed by atoms with van der Waals surface area (Å²) < 4.78 is 4.89. The first kappa shape index (κ1) is 19.4. The summed E-state index contributed by atoms with van der Waals surface area (Å²) in [5, 5.41) is 15.9. The van der Waals surface area contributed by atoms with Gasteiger partial charge in [-0.15, -0.1) is 0 Å². The Morgan fingerprint density at radius 3 is 2.44 bits per heavy atom. The number of carbonyl (C=O) groups is 3. The zero-order valence-electron chi connectivity index (χ0n) is 14.2. The second kappa shape index (κ2) is 8.43. The van der Waals surface area contributed by atoms with Crippen LogP contribution in [0, 0.1) is 10.1 Å². The molecule has 0 aliphatic heterocycles. The Morgan fingerprint density at radius 1 is 1.11 bits per heavy atom. The summed E-state index contributed by atoms with van der Waals surface area (Å²) in [6.07, 6.45) is 0. The number of nitro groups is 1. The van der Waals surface area contributed by atoms with Crippen molar-refractivity contribution >= 4 is 29.1 Å². The number of methoxy groups -OCH3 is 1. The zero-order valence-corrected chi connectivity index (χ0v) is 14.2. The van der Waals surface area contributed by atoms with Gasteiger partial charge in [-0.3, -0.25) is 24.5 Å². The van der Waals surface area contributed by atoms with Crippen molar-refractivity contribution in [2.45, 2.75) is 0 Å². The van der Waals surface area contributed by atoms with Crippen molar-refractivity contribution < 1.29 is 24.0 Å². The Morgan fingerprint density at radius 2 is 1.81 bits per heavy atom. The van der Waals surface area contributed by atoms with Crippen LogP contribution in [0.15, 0.2) is 42.5 Å². The van der Waals surface area contributed by atoms with Gasteiger partial charge >= 0.3 is 5.69 Å². The average molecular weight is 372 g/mol. The molecule has 0 bridgehead atoms. The lowest BCUT2D eigenvalue weighted by Gasteiger charge is -2.09. The monoisotopic (exact) mass is 372 g/mol. The Labute approximate surface area is 153 Å². The fourth-order valence-electron chi connectivity index (χ4n) is 2.18. The highest BCUT2D eigenvalue weighted by Crippen LogP contribution is 2.27. The highest BCUT2D eigenvalue weighted by atomic mass is 16.6. The summed E-state index contributed by atoms with van der Waals surface area (Å²) in [6.45, 7) is -0.315. The molecule has 0 radical (unpaired) electrons. The lowest BCUT2D eigenvalue weighted by atomic mass is 10.1. The number of benzene rings is 2. The molecule has 4 N–H and O–H groups in total. The van der Waals surface area contributed by atoms with E-state index in [0.29, 0.717) is 5.69 Å². The molecule has 2 rings (SSSR count). The maximum absolute atomic E-state index is 12.3. The first-order chi connectivity index (χ1) is 12.8. The van der Waals surface area contributed by atoms with Crippen molar-refractivity contribution in [3.63, 3.8) is 0 Å². The molecular weight excluding hydrogens is 356 g/mol. The van der Waals surface area contributed by atoms with Crippen LogP contribution in [0.2, 0.25) is 0 Å². The van der Waals surface area contributed by atoms with Crippen LogP contribution in [-0.4, -0.2) is 36.3 Å². The minimum atomic E-state index is -0.686. The third-order valence-electron chi connectivity index (χ3n) is 3.44. The van der Waals surface area contributed by atoms with Gasteiger partial charge in [0.2, 0.25) is 5.91 Å². The molecule has 0 heterocycles. The van der Waals surface area contributed by atoms with Crippen LogP contribution in [0.3, 0.4) is 0 Å². The van der Waals surface area contributed by atoms with Crippen LogP contribution < -0.4 is 21.1 Å². The van der Waals surface area contributed by atoms with Gasteiger partial charge in [0.05, 0.1) is 18.6 Å². The molecule has 0 unspecified atom stereocenters. The number of nitrogens with two attached hydrogens (primary N) is 1. The number of nitrogens with zero attached hydrogens (tertiary/aromatic N) is 1. The molecule has 0 fully saturated rings. The Kier molecular flexibility index (Phi) is 6.05. The quantitative estimate of drug-likeness (QED) is 0.488. The van der Waals surface area contributed by atoms with Crippen LogP contribution in [0.1, 0.15) is 20.7 Å². The predicted molar refractivity (Wildman–Crippen MR) is 95.6 cm³/mol. The number of nitrogens with one attached hydrogen (secondary N) is 2. The van der Waals surface area contributed by atoms with Crippen molar-refractivity contribution in [3.05, 3.63) is 63.7 Å². The summed E-state index contributed by atoms with van der Waals surface area (Å²) in [5.41, 5.74) is 5.17. The number of hydrogen-bond acceptors (Lipinski definition) is 6. The van der Waals surface area contributed by atoms with Crippen molar-refractivity contribution in [2.24, 2.45) is 5.73 Å². The molecule has 0 aliphatic carbocycles. The maximum Gasteiger partial charge on any atom is 0.311 e. The van der Waals surface area contributed by atoms with E-state index in [0.717, 1.165) is 6.07 Å². The number of primary amides is 1. The first-order valence-electron chi connectivity index (χ1n) is 7.62. The van der Waals surface area contributed by atoms with Gasteiger partial charge in [-0.25, -0.2) is 0 Å². The number of hydrogen-bond donors (Lipinski definition) is 3. The molecule has 27 heavy (non-hydrogen) atoms. The van der Waals surface area contributed by atoms with Crippen LogP contribution in [0.5, 0.6) is 5.75 Å². The third-order valence-corrected chi connectivity index (χ3v) is 3.44. The third kappa shape index (κ3) is 5.01. The first-order valence-corrected chi connectivity index (χ1v) is 7.62. The Hall–Kier alpha value is -3.95. The Bertz CT molecular complexity index is 912. The fourth-order valence-corrected chi connectivity index (χ4v) is 2.18. The summed E-state index contributed by atoms with van der Waals surface area (Å²) in [4.78, 5) is 45.4.